The van der Waals surface area contributed by atoms with Crippen molar-refractivity contribution in [2.45, 2.75) is 26.4 Å². The molecule has 3 aromatic rings. The van der Waals surface area contributed by atoms with E-state index in [1.807, 2.05) is 11.3 Å². The zero-order valence-electron chi connectivity index (χ0n) is 11.8. The highest BCUT2D eigenvalue weighted by atomic mass is 32.1. The fourth-order valence-electron chi connectivity index (χ4n) is 2.51. The molecule has 0 radical (unpaired) electrons. The number of hydrogen-bond donors (Lipinski definition) is 1. The van der Waals surface area contributed by atoms with E-state index >= 15 is 0 Å². The maximum atomic E-state index is 3.37. The van der Waals surface area contributed by atoms with Crippen molar-refractivity contribution in [2.24, 2.45) is 0 Å². The number of nitrogens with zero attached hydrogens (tertiary/aromatic N) is 1. The molecule has 1 aromatic carbocycles. The Hall–Kier alpha value is -1.58. The first-order chi connectivity index (χ1) is 9.86. The Bertz CT molecular complexity index is 667. The molecule has 20 heavy (non-hydrogen) atoms. The summed E-state index contributed by atoms with van der Waals surface area (Å²) >= 11 is 1.84. The molecule has 0 amide bonds. The Morgan fingerprint density at radius 3 is 2.95 bits per heavy atom. The lowest BCUT2D eigenvalue weighted by Crippen LogP contribution is -2.11. The molecule has 0 aliphatic heterocycles. The van der Waals surface area contributed by atoms with Gasteiger partial charge in [-0.05, 0) is 53.6 Å². The number of fused-ring (bicyclic) bond motifs is 1. The molecule has 0 saturated carbocycles. The standard InChI is InChI=1S/C17H20N2S/c1-2-18-13-14-5-6-17-15(12-14)7-9-19(17)10-8-16-4-3-11-20-16/h3-7,9,11-12,18H,2,8,10,13H2,1H3. The number of aromatic nitrogens is 1. The highest BCUT2D eigenvalue weighted by Crippen LogP contribution is 2.19. The molecule has 3 heteroatoms. The summed E-state index contributed by atoms with van der Waals surface area (Å²) in [4.78, 5) is 1.45. The van der Waals surface area contributed by atoms with Gasteiger partial charge >= 0.3 is 0 Å². The number of aryl methyl sites for hydroxylation is 2. The molecule has 2 nitrogen and oxygen atoms in total. The second-order valence-electron chi connectivity index (χ2n) is 5.01. The van der Waals surface area contributed by atoms with Gasteiger partial charge in [-0.15, -0.1) is 11.3 Å². The van der Waals surface area contributed by atoms with Crippen LogP contribution in [0.4, 0.5) is 0 Å². The first-order valence-electron chi connectivity index (χ1n) is 7.17. The number of rotatable bonds is 6. The normalized spacial score (nSPS) is 11.2. The van der Waals surface area contributed by atoms with Gasteiger partial charge in [-0.2, -0.15) is 0 Å². The topological polar surface area (TPSA) is 17.0 Å². The summed E-state index contributed by atoms with van der Waals surface area (Å²) in [5.74, 6) is 0. The van der Waals surface area contributed by atoms with E-state index in [2.05, 4.69) is 64.8 Å². The number of nitrogens with one attached hydrogen (secondary N) is 1. The van der Waals surface area contributed by atoms with Crippen molar-refractivity contribution in [3.63, 3.8) is 0 Å². The van der Waals surface area contributed by atoms with E-state index < -0.39 is 0 Å². The lowest BCUT2D eigenvalue weighted by Gasteiger charge is -2.06. The van der Waals surface area contributed by atoms with Crippen molar-refractivity contribution in [1.29, 1.82) is 0 Å². The summed E-state index contributed by atoms with van der Waals surface area (Å²) < 4.78 is 2.35. The van der Waals surface area contributed by atoms with E-state index in [0.29, 0.717) is 0 Å². The van der Waals surface area contributed by atoms with E-state index in [0.717, 1.165) is 26.1 Å². The van der Waals surface area contributed by atoms with Gasteiger partial charge in [-0.1, -0.05) is 19.1 Å². The van der Waals surface area contributed by atoms with Crippen LogP contribution in [0.1, 0.15) is 17.4 Å². The van der Waals surface area contributed by atoms with Crippen molar-refractivity contribution in [3.8, 4) is 0 Å². The second-order valence-corrected chi connectivity index (χ2v) is 6.04. The van der Waals surface area contributed by atoms with Crippen LogP contribution in [0.2, 0.25) is 0 Å². The summed E-state index contributed by atoms with van der Waals surface area (Å²) in [7, 11) is 0. The van der Waals surface area contributed by atoms with Gasteiger partial charge in [0.25, 0.3) is 0 Å². The lowest BCUT2D eigenvalue weighted by molar-refractivity contribution is 0.724. The third kappa shape index (κ3) is 2.94. The average Bonchev–Trinajstić information content (AvgIpc) is 3.12. The first-order valence-corrected chi connectivity index (χ1v) is 8.05. The van der Waals surface area contributed by atoms with Gasteiger partial charge in [0.2, 0.25) is 0 Å². The molecule has 0 atom stereocenters. The quantitative estimate of drug-likeness (QED) is 0.722. The van der Waals surface area contributed by atoms with Crippen LogP contribution < -0.4 is 5.32 Å². The SMILES string of the molecule is CCNCc1ccc2c(ccn2CCc2cccs2)c1. The average molecular weight is 284 g/mol. The fourth-order valence-corrected chi connectivity index (χ4v) is 3.21. The maximum Gasteiger partial charge on any atom is 0.0480 e. The molecule has 0 aliphatic carbocycles. The number of thiophene rings is 1. The Labute approximate surface area is 124 Å². The number of benzene rings is 1. The van der Waals surface area contributed by atoms with Gasteiger partial charge in [0.15, 0.2) is 0 Å². The van der Waals surface area contributed by atoms with Crippen molar-refractivity contribution in [3.05, 3.63) is 58.4 Å². The summed E-state index contributed by atoms with van der Waals surface area (Å²) in [6.07, 6.45) is 3.32. The van der Waals surface area contributed by atoms with Crippen molar-refractivity contribution in [2.75, 3.05) is 6.54 Å². The largest absolute Gasteiger partial charge is 0.347 e. The summed E-state index contributed by atoms with van der Waals surface area (Å²) in [5, 5.41) is 6.86. The Morgan fingerprint density at radius 1 is 1.20 bits per heavy atom. The maximum absolute atomic E-state index is 3.37. The molecule has 3 rings (SSSR count). The molecule has 0 aliphatic rings. The predicted octanol–water partition coefficient (Wildman–Crippen LogP) is 4.06. The van der Waals surface area contributed by atoms with E-state index in [9.17, 15) is 0 Å². The zero-order valence-corrected chi connectivity index (χ0v) is 12.6. The van der Waals surface area contributed by atoms with Crippen molar-refractivity contribution in [1.82, 2.24) is 9.88 Å². The van der Waals surface area contributed by atoms with Gasteiger partial charge in [0.05, 0.1) is 0 Å². The second kappa shape index (κ2) is 6.25. The van der Waals surface area contributed by atoms with E-state index in [1.54, 1.807) is 0 Å². The minimum Gasteiger partial charge on any atom is -0.347 e. The molecule has 0 bridgehead atoms. The van der Waals surface area contributed by atoms with Gasteiger partial charge in [0.1, 0.15) is 0 Å². The third-order valence-electron chi connectivity index (χ3n) is 3.59. The van der Waals surface area contributed by atoms with Crippen LogP contribution in [0.25, 0.3) is 10.9 Å². The molecule has 0 saturated heterocycles. The fraction of sp³-hybridized carbons (Fsp3) is 0.294. The molecule has 2 heterocycles. The molecule has 1 N–H and O–H groups in total. The van der Waals surface area contributed by atoms with Gasteiger partial charge in [-0.3, -0.25) is 0 Å². The third-order valence-corrected chi connectivity index (χ3v) is 4.53. The zero-order chi connectivity index (χ0) is 13.8. The van der Waals surface area contributed by atoms with Crippen LogP contribution in [0.5, 0.6) is 0 Å². The summed E-state index contributed by atoms with van der Waals surface area (Å²) in [6.45, 7) is 5.16. The smallest absolute Gasteiger partial charge is 0.0480 e. The van der Waals surface area contributed by atoms with Crippen molar-refractivity contribution >= 4 is 22.2 Å². The Kier molecular flexibility index (Phi) is 4.19. The molecular formula is C17H20N2S. The van der Waals surface area contributed by atoms with E-state index in [4.69, 9.17) is 0 Å². The summed E-state index contributed by atoms with van der Waals surface area (Å²) in [6, 6.07) is 13.3. The van der Waals surface area contributed by atoms with Crippen LogP contribution in [-0.2, 0) is 19.5 Å². The Balaban J connectivity index is 1.75. The highest BCUT2D eigenvalue weighted by molar-refractivity contribution is 7.09. The van der Waals surface area contributed by atoms with Crippen molar-refractivity contribution < 1.29 is 0 Å². The van der Waals surface area contributed by atoms with Gasteiger partial charge in [0, 0.05) is 29.7 Å². The van der Waals surface area contributed by atoms with Crippen LogP contribution in [0, 0.1) is 0 Å². The monoisotopic (exact) mass is 284 g/mol. The highest BCUT2D eigenvalue weighted by Gasteiger charge is 2.03. The predicted molar refractivity (Wildman–Crippen MR) is 87.3 cm³/mol. The van der Waals surface area contributed by atoms with Crippen LogP contribution >= 0.6 is 11.3 Å². The minimum atomic E-state index is 0.951. The van der Waals surface area contributed by atoms with Gasteiger partial charge in [-0.25, -0.2) is 0 Å². The molecule has 104 valence electrons. The molecular weight excluding hydrogens is 264 g/mol. The van der Waals surface area contributed by atoms with Crippen LogP contribution in [0.3, 0.4) is 0 Å². The molecule has 0 unspecified atom stereocenters. The Morgan fingerprint density at radius 2 is 2.15 bits per heavy atom. The number of hydrogen-bond acceptors (Lipinski definition) is 2. The lowest BCUT2D eigenvalue weighted by atomic mass is 10.1. The van der Waals surface area contributed by atoms with E-state index in [-0.39, 0.29) is 0 Å². The first kappa shape index (κ1) is 13.4. The minimum absolute atomic E-state index is 0.951. The van der Waals surface area contributed by atoms with E-state index in [1.165, 1.54) is 21.3 Å². The molecule has 2 aromatic heterocycles. The van der Waals surface area contributed by atoms with Gasteiger partial charge < -0.3 is 9.88 Å². The molecule has 0 spiro atoms. The molecule has 0 fully saturated rings. The van der Waals surface area contributed by atoms with Crippen LogP contribution in [0.15, 0.2) is 48.0 Å². The van der Waals surface area contributed by atoms with Crippen LogP contribution in [-0.4, -0.2) is 11.1 Å². The summed E-state index contributed by atoms with van der Waals surface area (Å²) in [5.41, 5.74) is 2.69.